The van der Waals surface area contributed by atoms with Crippen molar-refractivity contribution in [2.24, 2.45) is 0 Å². The van der Waals surface area contributed by atoms with Gasteiger partial charge in [0.25, 0.3) is 0 Å². The first-order valence-corrected chi connectivity index (χ1v) is 0.224. The second kappa shape index (κ2) is 83.6. The summed E-state index contributed by atoms with van der Waals surface area (Å²) in [6.07, 6.45) is 0. The van der Waals surface area contributed by atoms with Gasteiger partial charge in [-0.2, -0.15) is 0 Å². The summed E-state index contributed by atoms with van der Waals surface area (Å²) in [4.78, 5) is 0. The maximum absolute atomic E-state index is 6.25. The Bertz CT molecular complexity index is 12.8. The summed E-state index contributed by atoms with van der Waals surface area (Å²) in [5.74, 6) is 0. The zero-order chi connectivity index (χ0) is 2.00. The molecule has 0 N–H and O–H groups in total. The fraction of sp³-hybridized carbons (Fsp3) is 0. The molecule has 0 saturated heterocycles. The number of nitrogens with zero attached hydrogens (tertiary/aromatic N) is 1. The summed E-state index contributed by atoms with van der Waals surface area (Å²) in [5.41, 5.74) is 0. The number of rotatable bonds is 0. The van der Waals surface area contributed by atoms with Crippen LogP contribution in [0.5, 0.6) is 0 Å². The van der Waals surface area contributed by atoms with Crippen LogP contribution in [0.3, 0.4) is 0 Å². The molecular weight excluding hydrogens is 141 g/mol. The molecule has 0 amide bonds. The van der Waals surface area contributed by atoms with Gasteiger partial charge in [-0.1, -0.05) is 0 Å². The van der Waals surface area contributed by atoms with E-state index < -0.39 is 0 Å². The molecule has 0 aliphatic heterocycles. The van der Waals surface area contributed by atoms with Gasteiger partial charge in [-0.05, 0) is 0 Å². The number of hydrogen-bond donors (Lipinski definition) is 0. The fourth-order valence-electron chi connectivity index (χ4n) is 0. The molecule has 0 bridgehead atoms. The van der Waals surface area contributed by atoms with Gasteiger partial charge in [0.15, 0.2) is 0 Å². The largest absolute Gasteiger partial charge is 0.512 e. The van der Waals surface area contributed by atoms with E-state index in [1.807, 2.05) is 0 Å². The van der Waals surface area contributed by atoms with Crippen molar-refractivity contribution in [3.05, 3.63) is 6.57 Å². The molecular formula is CCoFeN-. The van der Waals surface area contributed by atoms with Gasteiger partial charge in [-0.3, -0.25) is 0 Å². The van der Waals surface area contributed by atoms with Crippen LogP contribution in [0.4, 0.5) is 0 Å². The molecule has 0 fully saturated rings. The Morgan fingerprint density at radius 3 is 1.25 bits per heavy atom. The van der Waals surface area contributed by atoms with Gasteiger partial charge in [0, 0.05) is 33.8 Å². The summed E-state index contributed by atoms with van der Waals surface area (Å²) < 4.78 is 0. The van der Waals surface area contributed by atoms with Gasteiger partial charge in [0.1, 0.15) is 0 Å². The Morgan fingerprint density at radius 1 is 1.25 bits per heavy atom. The van der Waals surface area contributed by atoms with Gasteiger partial charge < -0.3 is 11.8 Å². The van der Waals surface area contributed by atoms with Crippen LogP contribution in [0.2, 0.25) is 0 Å². The Balaban J connectivity index is -0.00000000500. The van der Waals surface area contributed by atoms with Crippen LogP contribution in [0.1, 0.15) is 0 Å². The predicted octanol–water partition coefficient (Wildman–Crippen LogP) is 0.0914. The van der Waals surface area contributed by atoms with Gasteiger partial charge >= 0.3 is 0 Å². The van der Waals surface area contributed by atoms with E-state index in [2.05, 4.69) is 0 Å². The van der Waals surface area contributed by atoms with E-state index in [9.17, 15) is 0 Å². The zero-order valence-corrected chi connectivity index (χ0v) is 3.78. The van der Waals surface area contributed by atoms with E-state index in [-0.39, 0.29) is 33.8 Å². The normalized spacial score (nSPS) is 0.500. The molecule has 0 saturated carbocycles. The summed E-state index contributed by atoms with van der Waals surface area (Å²) in [5, 5.41) is 6.25. The van der Waals surface area contributed by atoms with E-state index in [0.717, 1.165) is 0 Å². The second-order valence-corrected chi connectivity index (χ2v) is 0. The molecule has 0 aromatic heterocycles. The zero-order valence-electron chi connectivity index (χ0n) is 1.63. The molecule has 0 aromatic carbocycles. The van der Waals surface area contributed by atoms with Crippen molar-refractivity contribution in [1.82, 2.24) is 0 Å². The first-order valence-electron chi connectivity index (χ1n) is 0.224. The van der Waals surface area contributed by atoms with E-state index in [1.54, 1.807) is 0 Å². The minimum atomic E-state index is 0. The second-order valence-electron chi connectivity index (χ2n) is 0. The van der Waals surface area contributed by atoms with E-state index >= 15 is 0 Å². The van der Waals surface area contributed by atoms with Crippen LogP contribution in [0, 0.1) is 11.8 Å². The molecule has 0 spiro atoms. The van der Waals surface area contributed by atoms with Gasteiger partial charge in [-0.15, -0.1) is 0 Å². The monoisotopic (exact) mass is 141 g/mol. The predicted molar refractivity (Wildman–Crippen MR) is 4.97 cm³/mol. The van der Waals surface area contributed by atoms with Gasteiger partial charge in [0.2, 0.25) is 0 Å². The maximum Gasteiger partial charge on any atom is 0 e. The van der Waals surface area contributed by atoms with Crippen LogP contribution in [0.25, 0.3) is 0 Å². The van der Waals surface area contributed by atoms with Crippen molar-refractivity contribution >= 4 is 0 Å². The average molecular weight is 141 g/mol. The van der Waals surface area contributed by atoms with Gasteiger partial charge in [-0.25, -0.2) is 0 Å². The van der Waals surface area contributed by atoms with Crippen LogP contribution in [-0.4, -0.2) is 0 Å². The molecule has 0 rings (SSSR count). The van der Waals surface area contributed by atoms with Crippen molar-refractivity contribution in [3.63, 3.8) is 0 Å². The minimum absolute atomic E-state index is 0. The standard InChI is InChI=1S/CN.Co.Fe/c1-2;;/q-1;;. The maximum atomic E-state index is 6.25. The molecule has 3 heteroatoms. The van der Waals surface area contributed by atoms with Crippen LogP contribution < -0.4 is 0 Å². The smallest absolute Gasteiger partial charge is 0 e. The molecule has 1 radical (unpaired) electrons. The SMILES string of the molecule is [C-]#N.[Co].[Fe]. The Morgan fingerprint density at radius 2 is 1.25 bits per heavy atom. The quantitative estimate of drug-likeness (QED) is 0.346. The van der Waals surface area contributed by atoms with Crippen molar-refractivity contribution in [3.8, 4) is 0 Å². The third-order valence-electron chi connectivity index (χ3n) is 0. The van der Waals surface area contributed by atoms with Crippen LogP contribution >= 0.6 is 0 Å². The fourth-order valence-corrected chi connectivity index (χ4v) is 0. The third kappa shape index (κ3) is 21.7. The number of hydrogen-bond acceptors (Lipinski definition) is 1. The first-order chi connectivity index (χ1) is 1.00. The molecule has 0 aromatic rings. The Labute approximate surface area is 46.0 Å². The summed E-state index contributed by atoms with van der Waals surface area (Å²) >= 11 is 0. The third-order valence-corrected chi connectivity index (χ3v) is 0. The molecule has 4 heavy (non-hydrogen) atoms. The van der Waals surface area contributed by atoms with E-state index in [0.29, 0.717) is 0 Å². The molecule has 0 atom stereocenters. The minimum Gasteiger partial charge on any atom is -0.512 e. The summed E-state index contributed by atoms with van der Waals surface area (Å²) in [6, 6.07) is 0. The van der Waals surface area contributed by atoms with E-state index in [1.165, 1.54) is 0 Å². The molecule has 0 aliphatic carbocycles. The van der Waals surface area contributed by atoms with Crippen molar-refractivity contribution in [2.45, 2.75) is 0 Å². The molecule has 1 nitrogen and oxygen atoms in total. The summed E-state index contributed by atoms with van der Waals surface area (Å²) in [7, 11) is 0. The van der Waals surface area contributed by atoms with E-state index in [4.69, 9.17) is 11.8 Å². The molecule has 0 aliphatic rings. The van der Waals surface area contributed by atoms with Gasteiger partial charge in [0.05, 0.1) is 0 Å². The Kier molecular flexibility index (Phi) is 508. The average Bonchev–Trinajstić information content (AvgIpc) is 1.00. The van der Waals surface area contributed by atoms with Crippen LogP contribution in [0.15, 0.2) is 0 Å². The Hall–Kier alpha value is 0.516. The summed E-state index contributed by atoms with van der Waals surface area (Å²) in [6.45, 7) is 4.75. The van der Waals surface area contributed by atoms with Crippen LogP contribution in [-0.2, 0) is 33.8 Å². The molecule has 0 heterocycles. The molecule has 27 valence electrons. The molecule has 0 unspecified atom stereocenters. The van der Waals surface area contributed by atoms with Crippen molar-refractivity contribution in [2.75, 3.05) is 0 Å². The van der Waals surface area contributed by atoms with Crippen molar-refractivity contribution in [1.29, 1.82) is 5.26 Å². The first kappa shape index (κ1) is 24.3. The topological polar surface area (TPSA) is 23.8 Å². The van der Waals surface area contributed by atoms with Crippen molar-refractivity contribution < 1.29 is 33.8 Å².